The van der Waals surface area contributed by atoms with Crippen LogP contribution in [0, 0.1) is 11.3 Å². The second-order valence-electron chi connectivity index (χ2n) is 7.14. The second kappa shape index (κ2) is 8.85. The van der Waals surface area contributed by atoms with Crippen molar-refractivity contribution in [2.75, 3.05) is 13.1 Å². The number of hydrogen-bond acceptors (Lipinski definition) is 4. The molecule has 2 heterocycles. The molecule has 1 aliphatic heterocycles. The molecule has 7 nitrogen and oxygen atoms in total. The Hall–Kier alpha value is -3.01. The lowest BCUT2D eigenvalue weighted by Gasteiger charge is -2.19. The minimum absolute atomic E-state index is 0.0355. The van der Waals surface area contributed by atoms with Gasteiger partial charge in [0.2, 0.25) is 5.91 Å². The first-order valence-corrected chi connectivity index (χ1v) is 9.93. The van der Waals surface area contributed by atoms with Gasteiger partial charge in [0.25, 0.3) is 11.8 Å². The molecule has 1 N–H and O–H groups in total. The van der Waals surface area contributed by atoms with E-state index in [1.807, 2.05) is 0 Å². The third-order valence-electron chi connectivity index (χ3n) is 4.73. The third kappa shape index (κ3) is 5.42. The summed E-state index contributed by atoms with van der Waals surface area (Å²) in [6, 6.07) is 4.82. The van der Waals surface area contributed by atoms with Gasteiger partial charge in [0, 0.05) is 12.6 Å². The first-order valence-electron chi connectivity index (χ1n) is 9.14. The molecule has 1 atom stereocenters. The van der Waals surface area contributed by atoms with Gasteiger partial charge in [-0.3, -0.25) is 14.3 Å². The van der Waals surface area contributed by atoms with Crippen LogP contribution in [0.5, 0.6) is 0 Å². The predicted molar refractivity (Wildman–Crippen MR) is 103 cm³/mol. The van der Waals surface area contributed by atoms with Crippen molar-refractivity contribution < 1.29 is 31.5 Å². The standard InChI is InChI=1S/C19H15BrF5N5O2/c20-16-14(9-29(28-16)8-11-1-3-12(4-2-11)19(23,24)25)17(32)27-7-15(31)30-10-18(21,22)5-13(30)6-26/h1-4,9,13H,5,7-8,10H2,(H,27,32)/t13-/m0/s1. The normalized spacial score (nSPS) is 17.8. The molecular formula is C19H15BrF5N5O2. The van der Waals surface area contributed by atoms with Crippen LogP contribution >= 0.6 is 15.9 Å². The molecule has 3 rings (SSSR count). The molecule has 0 radical (unpaired) electrons. The van der Waals surface area contributed by atoms with Gasteiger partial charge in [-0.2, -0.15) is 23.5 Å². The zero-order chi connectivity index (χ0) is 23.7. The lowest BCUT2D eigenvalue weighted by Crippen LogP contribution is -2.42. The highest BCUT2D eigenvalue weighted by Gasteiger charge is 2.47. The molecule has 1 aliphatic rings. The molecule has 0 spiro atoms. The third-order valence-corrected chi connectivity index (χ3v) is 5.31. The van der Waals surface area contributed by atoms with Crippen LogP contribution in [-0.2, 0) is 17.5 Å². The van der Waals surface area contributed by atoms with Crippen LogP contribution in [0.3, 0.4) is 0 Å². The first-order chi connectivity index (χ1) is 14.9. The Labute approximate surface area is 186 Å². The highest BCUT2D eigenvalue weighted by molar-refractivity contribution is 9.10. The molecule has 1 aromatic heterocycles. The smallest absolute Gasteiger partial charge is 0.343 e. The summed E-state index contributed by atoms with van der Waals surface area (Å²) in [5.74, 6) is -4.71. The van der Waals surface area contributed by atoms with E-state index in [-0.39, 0.29) is 16.7 Å². The molecule has 13 heteroatoms. The maximum atomic E-state index is 13.5. The summed E-state index contributed by atoms with van der Waals surface area (Å²) >= 11 is 3.10. The van der Waals surface area contributed by atoms with Gasteiger partial charge in [-0.15, -0.1) is 0 Å². The average Bonchev–Trinajstić information content (AvgIpc) is 3.24. The molecule has 32 heavy (non-hydrogen) atoms. The van der Waals surface area contributed by atoms with E-state index < -0.39 is 55.0 Å². The van der Waals surface area contributed by atoms with Gasteiger partial charge in [0.1, 0.15) is 10.6 Å². The van der Waals surface area contributed by atoms with Crippen molar-refractivity contribution in [2.45, 2.75) is 31.1 Å². The number of halogens is 6. The van der Waals surface area contributed by atoms with E-state index in [9.17, 15) is 31.5 Å². The molecule has 1 fully saturated rings. The Morgan fingerprint density at radius 3 is 2.53 bits per heavy atom. The van der Waals surface area contributed by atoms with Gasteiger partial charge in [-0.25, -0.2) is 8.78 Å². The Kier molecular flexibility index (Phi) is 6.54. The molecule has 0 bridgehead atoms. The lowest BCUT2D eigenvalue weighted by molar-refractivity contribution is -0.137. The van der Waals surface area contributed by atoms with Crippen molar-refractivity contribution in [1.29, 1.82) is 5.26 Å². The van der Waals surface area contributed by atoms with Gasteiger partial charge in [0.15, 0.2) is 0 Å². The van der Waals surface area contributed by atoms with E-state index in [1.165, 1.54) is 23.0 Å². The van der Waals surface area contributed by atoms with Crippen molar-refractivity contribution in [3.8, 4) is 6.07 Å². The highest BCUT2D eigenvalue weighted by atomic mass is 79.9. The van der Waals surface area contributed by atoms with Crippen LogP contribution in [0.25, 0.3) is 0 Å². The summed E-state index contributed by atoms with van der Waals surface area (Å²) in [4.78, 5) is 25.3. The number of carbonyl (C=O) groups is 2. The molecule has 0 unspecified atom stereocenters. The first kappa shape index (κ1) is 23.6. The monoisotopic (exact) mass is 519 g/mol. The number of alkyl halides is 5. The van der Waals surface area contributed by atoms with E-state index in [4.69, 9.17) is 5.26 Å². The van der Waals surface area contributed by atoms with Gasteiger partial charge in [0.05, 0.1) is 36.8 Å². The summed E-state index contributed by atoms with van der Waals surface area (Å²) in [5, 5.41) is 15.3. The van der Waals surface area contributed by atoms with Crippen molar-refractivity contribution in [2.24, 2.45) is 0 Å². The summed E-state index contributed by atoms with van der Waals surface area (Å²) < 4.78 is 66.3. The Bertz CT molecular complexity index is 1060. The summed E-state index contributed by atoms with van der Waals surface area (Å²) in [6.45, 7) is -1.41. The van der Waals surface area contributed by atoms with Crippen LogP contribution in [-0.4, -0.2) is 51.5 Å². The summed E-state index contributed by atoms with van der Waals surface area (Å²) in [6.07, 6.45) is -3.89. The number of amides is 2. The molecule has 1 aromatic carbocycles. The number of carbonyl (C=O) groups excluding carboxylic acids is 2. The molecule has 2 amide bonds. The van der Waals surface area contributed by atoms with E-state index >= 15 is 0 Å². The number of aromatic nitrogens is 2. The Morgan fingerprint density at radius 1 is 1.28 bits per heavy atom. The fraction of sp³-hybridized carbons (Fsp3) is 0.368. The van der Waals surface area contributed by atoms with Crippen LogP contribution in [0.4, 0.5) is 22.0 Å². The molecule has 1 saturated heterocycles. The lowest BCUT2D eigenvalue weighted by atomic mass is 10.1. The van der Waals surface area contributed by atoms with Gasteiger partial charge in [-0.1, -0.05) is 12.1 Å². The van der Waals surface area contributed by atoms with Crippen molar-refractivity contribution in [3.05, 3.63) is 51.8 Å². The average molecular weight is 520 g/mol. The quantitative estimate of drug-likeness (QED) is 0.614. The van der Waals surface area contributed by atoms with Crippen LogP contribution in [0.2, 0.25) is 0 Å². The second-order valence-corrected chi connectivity index (χ2v) is 7.89. The van der Waals surface area contributed by atoms with Crippen molar-refractivity contribution in [3.63, 3.8) is 0 Å². The maximum Gasteiger partial charge on any atom is 0.416 e. The van der Waals surface area contributed by atoms with Crippen molar-refractivity contribution in [1.82, 2.24) is 20.0 Å². The van der Waals surface area contributed by atoms with E-state index in [1.54, 1.807) is 6.07 Å². The van der Waals surface area contributed by atoms with Crippen LogP contribution < -0.4 is 5.32 Å². The summed E-state index contributed by atoms with van der Waals surface area (Å²) in [7, 11) is 0. The Morgan fingerprint density at radius 2 is 1.94 bits per heavy atom. The fourth-order valence-electron chi connectivity index (χ4n) is 3.16. The Balaban J connectivity index is 1.61. The molecule has 0 aliphatic carbocycles. The molecule has 2 aromatic rings. The van der Waals surface area contributed by atoms with E-state index in [0.29, 0.717) is 5.56 Å². The SMILES string of the molecule is N#C[C@@H]1CC(F)(F)CN1C(=O)CNC(=O)c1cn(Cc2ccc(C(F)(F)F)cc2)nc1Br. The largest absolute Gasteiger partial charge is 0.416 e. The number of benzene rings is 1. The maximum absolute atomic E-state index is 13.5. The topological polar surface area (TPSA) is 91.0 Å². The number of rotatable bonds is 5. The van der Waals surface area contributed by atoms with E-state index in [0.717, 1.165) is 17.0 Å². The number of hydrogen-bond donors (Lipinski definition) is 1. The highest BCUT2D eigenvalue weighted by Crippen LogP contribution is 2.32. The minimum atomic E-state index is -4.45. The number of nitriles is 1. The number of likely N-dealkylation sites (tertiary alicyclic amines) is 1. The predicted octanol–water partition coefficient (Wildman–Crippen LogP) is 3.20. The summed E-state index contributed by atoms with van der Waals surface area (Å²) in [5.41, 5.74) is -0.247. The molecular weight excluding hydrogens is 505 g/mol. The number of nitrogens with one attached hydrogen (secondary N) is 1. The molecule has 170 valence electrons. The van der Waals surface area contributed by atoms with Gasteiger partial charge >= 0.3 is 6.18 Å². The van der Waals surface area contributed by atoms with Gasteiger partial charge in [-0.05, 0) is 33.6 Å². The zero-order valence-corrected chi connectivity index (χ0v) is 17.8. The van der Waals surface area contributed by atoms with Crippen LogP contribution in [0.15, 0.2) is 35.1 Å². The van der Waals surface area contributed by atoms with Crippen molar-refractivity contribution >= 4 is 27.7 Å². The fourth-order valence-corrected chi connectivity index (χ4v) is 3.65. The molecule has 0 saturated carbocycles. The zero-order valence-electron chi connectivity index (χ0n) is 16.2. The number of nitrogens with zero attached hydrogens (tertiary/aromatic N) is 4. The minimum Gasteiger partial charge on any atom is -0.343 e. The van der Waals surface area contributed by atoms with Gasteiger partial charge < -0.3 is 10.2 Å². The van der Waals surface area contributed by atoms with E-state index in [2.05, 4.69) is 26.3 Å². The van der Waals surface area contributed by atoms with Crippen LogP contribution in [0.1, 0.15) is 27.9 Å².